The molecule has 268 valence electrons. The molecule has 0 bridgehead atoms. The first-order valence-electron chi connectivity index (χ1n) is 19.1. The van der Waals surface area contributed by atoms with E-state index < -0.39 is 0 Å². The number of nitrogens with one attached hydrogen (secondary N) is 3. The number of aryl methyl sites for hydroxylation is 1. The Kier molecular flexibility index (Phi) is 16.2. The molecular formula is C44H60N4O2. The van der Waals surface area contributed by atoms with E-state index in [0.717, 1.165) is 44.6 Å². The summed E-state index contributed by atoms with van der Waals surface area (Å²) in [5, 5.41) is 12.1. The van der Waals surface area contributed by atoms with Gasteiger partial charge in [0.2, 0.25) is 11.8 Å². The molecule has 6 heteroatoms. The van der Waals surface area contributed by atoms with Crippen molar-refractivity contribution in [3.8, 4) is 0 Å². The molecule has 5 rings (SSSR count). The molecule has 50 heavy (non-hydrogen) atoms. The van der Waals surface area contributed by atoms with Crippen LogP contribution in [0.1, 0.15) is 101 Å². The first kappa shape index (κ1) is 38.5. The van der Waals surface area contributed by atoms with E-state index in [1.54, 1.807) is 6.92 Å². The van der Waals surface area contributed by atoms with Gasteiger partial charge in [0.05, 0.1) is 6.42 Å². The van der Waals surface area contributed by atoms with Crippen LogP contribution in [0.3, 0.4) is 0 Å². The van der Waals surface area contributed by atoms with E-state index in [2.05, 4.69) is 96.2 Å². The second-order valence-electron chi connectivity index (χ2n) is 13.5. The van der Waals surface area contributed by atoms with Crippen molar-refractivity contribution in [2.75, 3.05) is 42.9 Å². The van der Waals surface area contributed by atoms with Crippen LogP contribution in [0.2, 0.25) is 0 Å². The van der Waals surface area contributed by atoms with Crippen molar-refractivity contribution in [2.45, 2.75) is 97.8 Å². The number of hydrogen-bond acceptors (Lipinski definition) is 4. The predicted octanol–water partition coefficient (Wildman–Crippen LogP) is 9.21. The molecule has 6 nitrogen and oxygen atoms in total. The lowest BCUT2D eigenvalue weighted by molar-refractivity contribution is -0.120. The van der Waals surface area contributed by atoms with Crippen LogP contribution in [0, 0.1) is 0 Å². The lowest BCUT2D eigenvalue weighted by atomic mass is 9.81. The largest absolute Gasteiger partial charge is 0.385 e. The third-order valence-corrected chi connectivity index (χ3v) is 9.82. The van der Waals surface area contributed by atoms with Crippen LogP contribution in [-0.4, -0.2) is 44.5 Å². The van der Waals surface area contributed by atoms with Crippen LogP contribution in [-0.2, 0) is 28.9 Å². The Balaban J connectivity index is 0.000000228. The van der Waals surface area contributed by atoms with Gasteiger partial charge in [-0.1, -0.05) is 86.8 Å². The SMILES string of the molecule is CCCCCCNc1ccc2c(c1)C(CCNC(C)=O)CCC2.CCN(CC)c1ccc2cccc(CCNC(=O)Cc3ccccc3)c2c1. The maximum atomic E-state index is 12.2. The number of amides is 2. The van der Waals surface area contributed by atoms with E-state index in [-0.39, 0.29) is 11.8 Å². The number of carbonyl (C=O) groups is 2. The summed E-state index contributed by atoms with van der Waals surface area (Å²) in [4.78, 5) is 25.6. The Morgan fingerprint density at radius 2 is 1.62 bits per heavy atom. The molecule has 1 atom stereocenters. The van der Waals surface area contributed by atoms with Crippen molar-refractivity contribution in [3.63, 3.8) is 0 Å². The zero-order valence-electron chi connectivity index (χ0n) is 31.0. The number of anilines is 2. The standard InChI is InChI=1S/C24H28N2O.C20H32N2O/c1-3-26(4-2)22-14-13-20-11-8-12-21(23(20)18-22)15-16-25-24(27)17-19-9-6-5-7-10-19;1-3-4-5-6-13-22-19-11-10-17-8-7-9-18(20(17)15-19)12-14-21-16(2)23/h5-14,18H,3-4,15-17H2,1-2H3,(H,25,27);10-11,15,18,22H,3-9,12-14H2,1-2H3,(H,21,23). The molecule has 2 amide bonds. The Bertz CT molecular complexity index is 1620. The Hall–Kier alpha value is -4.32. The quantitative estimate of drug-likeness (QED) is 0.0976. The number of unbranched alkanes of at least 4 members (excludes halogenated alkanes) is 3. The van der Waals surface area contributed by atoms with Crippen LogP contribution in [0.25, 0.3) is 10.8 Å². The van der Waals surface area contributed by atoms with Gasteiger partial charge in [-0.15, -0.1) is 0 Å². The summed E-state index contributed by atoms with van der Waals surface area (Å²) in [5.74, 6) is 0.737. The summed E-state index contributed by atoms with van der Waals surface area (Å²) in [6.07, 6.45) is 11.2. The Labute approximate surface area is 301 Å². The van der Waals surface area contributed by atoms with Gasteiger partial charge in [0, 0.05) is 51.0 Å². The van der Waals surface area contributed by atoms with Crippen molar-refractivity contribution in [1.29, 1.82) is 0 Å². The van der Waals surface area contributed by atoms with Gasteiger partial charge in [-0.25, -0.2) is 0 Å². The molecule has 0 fully saturated rings. The maximum Gasteiger partial charge on any atom is 0.224 e. The molecule has 0 heterocycles. The molecule has 0 spiro atoms. The molecule has 0 radical (unpaired) electrons. The molecule has 0 saturated heterocycles. The second kappa shape index (κ2) is 21.0. The van der Waals surface area contributed by atoms with Gasteiger partial charge in [0.15, 0.2) is 0 Å². The third kappa shape index (κ3) is 12.2. The normalized spacial score (nSPS) is 13.5. The van der Waals surface area contributed by atoms with E-state index >= 15 is 0 Å². The maximum absolute atomic E-state index is 12.2. The molecule has 3 N–H and O–H groups in total. The fraction of sp³-hybridized carbons (Fsp3) is 0.455. The molecule has 0 saturated carbocycles. The molecule has 0 aromatic heterocycles. The Morgan fingerprint density at radius 3 is 2.38 bits per heavy atom. The second-order valence-corrected chi connectivity index (χ2v) is 13.5. The van der Waals surface area contributed by atoms with Gasteiger partial charge in [-0.3, -0.25) is 9.59 Å². The van der Waals surface area contributed by atoms with Crippen LogP contribution in [0.4, 0.5) is 11.4 Å². The number of hydrogen-bond donors (Lipinski definition) is 3. The Morgan fingerprint density at radius 1 is 0.800 bits per heavy atom. The summed E-state index contributed by atoms with van der Waals surface area (Å²) in [5.41, 5.74) is 7.84. The average Bonchev–Trinajstić information content (AvgIpc) is 3.13. The van der Waals surface area contributed by atoms with Crippen molar-refractivity contribution >= 4 is 34.0 Å². The number of rotatable bonds is 17. The fourth-order valence-corrected chi connectivity index (χ4v) is 7.02. The monoisotopic (exact) mass is 676 g/mol. The van der Waals surface area contributed by atoms with Gasteiger partial charge in [-0.2, -0.15) is 0 Å². The first-order chi connectivity index (χ1) is 24.4. The highest BCUT2D eigenvalue weighted by molar-refractivity contribution is 5.89. The average molecular weight is 677 g/mol. The smallest absolute Gasteiger partial charge is 0.224 e. The van der Waals surface area contributed by atoms with Gasteiger partial charge in [0.1, 0.15) is 0 Å². The third-order valence-electron chi connectivity index (χ3n) is 9.82. The van der Waals surface area contributed by atoms with E-state index in [4.69, 9.17) is 0 Å². The van der Waals surface area contributed by atoms with E-state index in [1.807, 2.05) is 30.3 Å². The van der Waals surface area contributed by atoms with Crippen molar-refractivity contribution in [3.05, 3.63) is 107 Å². The van der Waals surface area contributed by atoms with Gasteiger partial charge in [-0.05, 0) is 116 Å². The van der Waals surface area contributed by atoms with Crippen LogP contribution in [0.15, 0.2) is 84.9 Å². The number of fused-ring (bicyclic) bond motifs is 2. The predicted molar refractivity (Wildman–Crippen MR) is 212 cm³/mol. The highest BCUT2D eigenvalue weighted by atomic mass is 16.2. The van der Waals surface area contributed by atoms with Crippen LogP contribution >= 0.6 is 0 Å². The van der Waals surface area contributed by atoms with Gasteiger partial charge < -0.3 is 20.9 Å². The van der Waals surface area contributed by atoms with Crippen LogP contribution in [0.5, 0.6) is 0 Å². The summed E-state index contributed by atoms with van der Waals surface area (Å²) in [7, 11) is 0. The first-order valence-corrected chi connectivity index (χ1v) is 19.1. The minimum absolute atomic E-state index is 0.0727. The molecule has 1 aliphatic carbocycles. The lowest BCUT2D eigenvalue weighted by Crippen LogP contribution is -2.27. The highest BCUT2D eigenvalue weighted by Crippen LogP contribution is 2.35. The van der Waals surface area contributed by atoms with E-state index in [9.17, 15) is 9.59 Å². The van der Waals surface area contributed by atoms with Crippen LogP contribution < -0.4 is 20.9 Å². The molecule has 4 aromatic rings. The highest BCUT2D eigenvalue weighted by Gasteiger charge is 2.20. The topological polar surface area (TPSA) is 73.5 Å². The summed E-state index contributed by atoms with van der Waals surface area (Å²) >= 11 is 0. The minimum Gasteiger partial charge on any atom is -0.385 e. The number of benzene rings is 4. The number of nitrogens with zero attached hydrogens (tertiary/aromatic N) is 1. The fourth-order valence-electron chi connectivity index (χ4n) is 7.02. The van der Waals surface area contributed by atoms with Gasteiger partial charge >= 0.3 is 0 Å². The van der Waals surface area contributed by atoms with Crippen molar-refractivity contribution in [2.24, 2.45) is 0 Å². The number of carbonyl (C=O) groups excluding carboxylic acids is 2. The summed E-state index contributed by atoms with van der Waals surface area (Å²) in [6, 6.07) is 29.8. The summed E-state index contributed by atoms with van der Waals surface area (Å²) in [6.45, 7) is 12.7. The molecule has 0 aliphatic heterocycles. The van der Waals surface area contributed by atoms with Crippen molar-refractivity contribution in [1.82, 2.24) is 10.6 Å². The molecular weight excluding hydrogens is 617 g/mol. The van der Waals surface area contributed by atoms with Gasteiger partial charge in [0.25, 0.3) is 0 Å². The lowest BCUT2D eigenvalue weighted by Gasteiger charge is -2.26. The van der Waals surface area contributed by atoms with E-state index in [0.29, 0.717) is 18.9 Å². The molecule has 1 aliphatic rings. The zero-order chi connectivity index (χ0) is 35.6. The molecule has 1 unspecified atom stereocenters. The molecule has 4 aromatic carbocycles. The van der Waals surface area contributed by atoms with Crippen molar-refractivity contribution < 1.29 is 9.59 Å². The zero-order valence-corrected chi connectivity index (χ0v) is 31.0. The van der Waals surface area contributed by atoms with E-state index in [1.165, 1.54) is 83.8 Å². The summed E-state index contributed by atoms with van der Waals surface area (Å²) < 4.78 is 0. The minimum atomic E-state index is 0.0727.